The Morgan fingerprint density at radius 1 is 1.38 bits per heavy atom. The zero-order valence-corrected chi connectivity index (χ0v) is 10.4. The number of hydrogen-bond acceptors (Lipinski definition) is 3. The summed E-state index contributed by atoms with van der Waals surface area (Å²) in [4.78, 5) is 4.39. The van der Waals surface area contributed by atoms with Gasteiger partial charge in [0.15, 0.2) is 0 Å². The van der Waals surface area contributed by atoms with Crippen molar-refractivity contribution < 1.29 is 5.11 Å². The van der Waals surface area contributed by atoms with Crippen LogP contribution in [-0.2, 0) is 6.54 Å². The number of hydrogen-bond donors (Lipinski definition) is 2. The molecule has 2 N–H and O–H groups in total. The summed E-state index contributed by atoms with van der Waals surface area (Å²) < 4.78 is 0. The highest BCUT2D eigenvalue weighted by molar-refractivity contribution is 5.09. The van der Waals surface area contributed by atoms with Crippen molar-refractivity contribution in [3.63, 3.8) is 0 Å². The van der Waals surface area contributed by atoms with Gasteiger partial charge in [-0.05, 0) is 31.4 Å². The third-order valence-electron chi connectivity index (χ3n) is 2.38. The second-order valence-electron chi connectivity index (χ2n) is 4.68. The minimum Gasteiger partial charge on any atom is -0.392 e. The molecule has 1 atom stereocenters. The maximum atomic E-state index is 9.67. The Kier molecular flexibility index (Phi) is 5.43. The lowest BCUT2D eigenvalue weighted by atomic mass is 10.1. The van der Waals surface area contributed by atoms with Crippen molar-refractivity contribution in [1.82, 2.24) is 10.3 Å². The van der Waals surface area contributed by atoms with Crippen LogP contribution in [-0.4, -0.2) is 22.7 Å². The van der Waals surface area contributed by atoms with E-state index < -0.39 is 0 Å². The molecule has 0 spiro atoms. The summed E-state index contributed by atoms with van der Waals surface area (Å²) in [6.45, 7) is 7.57. The van der Waals surface area contributed by atoms with Gasteiger partial charge in [0.05, 0.1) is 11.8 Å². The van der Waals surface area contributed by atoms with Crippen molar-refractivity contribution in [2.75, 3.05) is 6.54 Å². The summed E-state index contributed by atoms with van der Waals surface area (Å²) in [6, 6.07) is 5.98. The fraction of sp³-hybridized carbons (Fsp3) is 0.615. The fourth-order valence-corrected chi connectivity index (χ4v) is 1.69. The molecule has 0 aliphatic heterocycles. The second kappa shape index (κ2) is 6.61. The van der Waals surface area contributed by atoms with Crippen LogP contribution < -0.4 is 5.32 Å². The van der Waals surface area contributed by atoms with Crippen molar-refractivity contribution in [2.45, 2.75) is 39.8 Å². The maximum Gasteiger partial charge on any atom is 0.0667 e. The van der Waals surface area contributed by atoms with Crippen molar-refractivity contribution in [1.29, 1.82) is 0 Å². The lowest BCUT2D eigenvalue weighted by Crippen LogP contribution is -2.27. The van der Waals surface area contributed by atoms with Crippen molar-refractivity contribution in [2.24, 2.45) is 5.92 Å². The zero-order chi connectivity index (χ0) is 12.0. The number of pyridine rings is 1. The normalized spacial score (nSPS) is 13.1. The zero-order valence-electron chi connectivity index (χ0n) is 10.4. The van der Waals surface area contributed by atoms with Gasteiger partial charge in [0.25, 0.3) is 0 Å². The van der Waals surface area contributed by atoms with E-state index in [9.17, 15) is 5.11 Å². The molecule has 3 nitrogen and oxygen atoms in total. The van der Waals surface area contributed by atoms with Crippen LogP contribution in [0.2, 0.25) is 0 Å². The molecule has 1 aromatic heterocycles. The molecule has 0 aromatic carbocycles. The van der Waals surface area contributed by atoms with Crippen LogP contribution >= 0.6 is 0 Å². The van der Waals surface area contributed by atoms with Gasteiger partial charge in [-0.1, -0.05) is 19.9 Å². The average Bonchev–Trinajstić information content (AvgIpc) is 2.16. The second-order valence-corrected chi connectivity index (χ2v) is 4.68. The number of aromatic nitrogens is 1. The predicted molar refractivity (Wildman–Crippen MR) is 66.1 cm³/mol. The lowest BCUT2D eigenvalue weighted by Gasteiger charge is -2.13. The Balaban J connectivity index is 2.25. The third kappa shape index (κ3) is 5.24. The average molecular weight is 222 g/mol. The largest absolute Gasteiger partial charge is 0.392 e. The van der Waals surface area contributed by atoms with E-state index in [0.717, 1.165) is 24.4 Å². The van der Waals surface area contributed by atoms with Gasteiger partial charge < -0.3 is 10.4 Å². The number of aryl methyl sites for hydroxylation is 1. The topological polar surface area (TPSA) is 45.1 Å². The van der Waals surface area contributed by atoms with Crippen molar-refractivity contribution >= 4 is 0 Å². The molecular formula is C13H22N2O. The molecule has 1 rings (SSSR count). The molecule has 0 saturated carbocycles. The first-order valence-electron chi connectivity index (χ1n) is 5.89. The van der Waals surface area contributed by atoms with Crippen LogP contribution in [0.4, 0.5) is 0 Å². The minimum atomic E-state index is -0.259. The van der Waals surface area contributed by atoms with Gasteiger partial charge in [0.2, 0.25) is 0 Å². The van der Waals surface area contributed by atoms with E-state index in [0.29, 0.717) is 12.5 Å². The van der Waals surface area contributed by atoms with E-state index in [1.165, 1.54) is 0 Å². The van der Waals surface area contributed by atoms with Gasteiger partial charge in [-0.2, -0.15) is 0 Å². The molecule has 3 heteroatoms. The number of aliphatic hydroxyl groups is 1. The quantitative estimate of drug-likeness (QED) is 0.772. The molecule has 0 aliphatic rings. The number of rotatable bonds is 6. The molecule has 0 amide bonds. The molecule has 90 valence electrons. The van der Waals surface area contributed by atoms with E-state index in [4.69, 9.17) is 0 Å². The summed E-state index contributed by atoms with van der Waals surface area (Å²) in [5.74, 6) is 0.536. The predicted octanol–water partition coefficient (Wildman–Crippen LogP) is 1.89. The Morgan fingerprint density at radius 3 is 2.75 bits per heavy atom. The Bertz CT molecular complexity index is 313. The molecule has 1 aromatic rings. The molecular weight excluding hydrogens is 200 g/mol. The first kappa shape index (κ1) is 13.1. The third-order valence-corrected chi connectivity index (χ3v) is 2.38. The van der Waals surface area contributed by atoms with Crippen LogP contribution in [0.1, 0.15) is 31.7 Å². The molecule has 1 heterocycles. The molecule has 0 radical (unpaired) electrons. The van der Waals surface area contributed by atoms with Gasteiger partial charge in [-0.3, -0.25) is 4.98 Å². The summed E-state index contributed by atoms with van der Waals surface area (Å²) in [6.07, 6.45) is 0.582. The van der Waals surface area contributed by atoms with Crippen LogP contribution in [0.25, 0.3) is 0 Å². The highest BCUT2D eigenvalue weighted by Crippen LogP contribution is 2.03. The summed E-state index contributed by atoms with van der Waals surface area (Å²) in [7, 11) is 0. The Hall–Kier alpha value is -0.930. The van der Waals surface area contributed by atoms with E-state index in [2.05, 4.69) is 24.1 Å². The fourth-order valence-electron chi connectivity index (χ4n) is 1.69. The standard InChI is InChI=1S/C13H22N2O/c1-10(2)7-13(16)9-14-8-12-6-4-5-11(3)15-12/h4-6,10,13-14,16H,7-9H2,1-3H3. The highest BCUT2D eigenvalue weighted by atomic mass is 16.3. The summed E-state index contributed by atoms with van der Waals surface area (Å²) in [5, 5.41) is 12.9. The minimum absolute atomic E-state index is 0.259. The smallest absolute Gasteiger partial charge is 0.0667 e. The van der Waals surface area contributed by atoms with Crippen molar-refractivity contribution in [3.05, 3.63) is 29.6 Å². The maximum absolute atomic E-state index is 9.67. The van der Waals surface area contributed by atoms with Gasteiger partial charge in [-0.15, -0.1) is 0 Å². The summed E-state index contributed by atoms with van der Waals surface area (Å²) >= 11 is 0. The monoisotopic (exact) mass is 222 g/mol. The van der Waals surface area contributed by atoms with E-state index in [1.807, 2.05) is 25.1 Å². The highest BCUT2D eigenvalue weighted by Gasteiger charge is 2.06. The Labute approximate surface area is 97.9 Å². The van der Waals surface area contributed by atoms with Crippen molar-refractivity contribution in [3.8, 4) is 0 Å². The number of nitrogens with zero attached hydrogens (tertiary/aromatic N) is 1. The lowest BCUT2D eigenvalue weighted by molar-refractivity contribution is 0.146. The van der Waals surface area contributed by atoms with Gasteiger partial charge in [-0.25, -0.2) is 0 Å². The SMILES string of the molecule is Cc1cccc(CNCC(O)CC(C)C)n1. The molecule has 0 bridgehead atoms. The molecule has 16 heavy (non-hydrogen) atoms. The van der Waals surface area contributed by atoms with Crippen LogP contribution in [0.3, 0.4) is 0 Å². The van der Waals surface area contributed by atoms with Gasteiger partial charge in [0.1, 0.15) is 0 Å². The van der Waals surface area contributed by atoms with E-state index >= 15 is 0 Å². The van der Waals surface area contributed by atoms with Crippen LogP contribution in [0, 0.1) is 12.8 Å². The van der Waals surface area contributed by atoms with E-state index in [1.54, 1.807) is 0 Å². The van der Waals surface area contributed by atoms with E-state index in [-0.39, 0.29) is 6.10 Å². The Morgan fingerprint density at radius 2 is 2.12 bits per heavy atom. The number of nitrogens with one attached hydrogen (secondary N) is 1. The molecule has 0 saturated heterocycles. The van der Waals surface area contributed by atoms with Gasteiger partial charge in [0, 0.05) is 18.8 Å². The van der Waals surface area contributed by atoms with Gasteiger partial charge >= 0.3 is 0 Å². The summed E-state index contributed by atoms with van der Waals surface area (Å²) in [5.41, 5.74) is 2.05. The first-order valence-corrected chi connectivity index (χ1v) is 5.89. The molecule has 0 aliphatic carbocycles. The molecule has 1 unspecified atom stereocenters. The molecule has 0 fully saturated rings. The number of aliphatic hydroxyl groups excluding tert-OH is 1. The van der Waals surface area contributed by atoms with Crippen LogP contribution in [0.15, 0.2) is 18.2 Å². The van der Waals surface area contributed by atoms with Crippen LogP contribution in [0.5, 0.6) is 0 Å². The first-order chi connectivity index (χ1) is 7.58.